The van der Waals surface area contributed by atoms with Gasteiger partial charge >= 0.3 is 29.6 Å². The second-order valence-electron chi connectivity index (χ2n) is 4.17. The smallest absolute Gasteiger partial charge is 0.550 e. The van der Waals surface area contributed by atoms with Crippen LogP contribution in [0.1, 0.15) is 18.4 Å². The Morgan fingerprint density at radius 3 is 2.26 bits per heavy atom. The fourth-order valence-corrected chi connectivity index (χ4v) is 1.77. The van der Waals surface area contributed by atoms with Crippen molar-refractivity contribution in [1.29, 1.82) is 0 Å². The summed E-state index contributed by atoms with van der Waals surface area (Å²) in [5.74, 6) is -2.04. The molecule has 4 heteroatoms. The summed E-state index contributed by atoms with van der Waals surface area (Å²) in [6.07, 6.45) is 0. The van der Waals surface area contributed by atoms with Crippen LogP contribution in [0.2, 0.25) is 0 Å². The van der Waals surface area contributed by atoms with Crippen molar-refractivity contribution in [3.63, 3.8) is 0 Å². The fraction of sp³-hybridized carbons (Fsp3) is 0.133. The molecule has 0 spiro atoms. The molecule has 1 atom stereocenters. The molecule has 0 radical (unpaired) electrons. The van der Waals surface area contributed by atoms with Crippen molar-refractivity contribution in [3.05, 3.63) is 59.9 Å². The van der Waals surface area contributed by atoms with Crippen LogP contribution in [0.15, 0.2) is 48.5 Å². The number of carboxylic acid groups (broad SMARTS) is 1. The predicted molar refractivity (Wildman–Crippen MR) is 65.3 cm³/mol. The topological polar surface area (TPSA) is 40.1 Å². The first-order valence-electron chi connectivity index (χ1n) is 5.64. The van der Waals surface area contributed by atoms with Crippen molar-refractivity contribution < 1.29 is 43.8 Å². The average molecular weight is 266 g/mol. The van der Waals surface area contributed by atoms with Gasteiger partial charge in [0.2, 0.25) is 0 Å². The van der Waals surface area contributed by atoms with E-state index in [4.69, 9.17) is 0 Å². The third-order valence-electron chi connectivity index (χ3n) is 2.92. The van der Waals surface area contributed by atoms with E-state index in [0.29, 0.717) is 5.56 Å². The maximum Gasteiger partial charge on any atom is 1.00 e. The molecule has 0 aliphatic rings. The molecule has 0 fully saturated rings. The van der Waals surface area contributed by atoms with Crippen molar-refractivity contribution >= 4 is 5.97 Å². The quantitative estimate of drug-likeness (QED) is 0.693. The summed E-state index contributed by atoms with van der Waals surface area (Å²) in [5.41, 5.74) is 2.29. The molecule has 0 saturated carbocycles. The number of aliphatic carboxylic acids is 1. The standard InChI is InChI=1S/C15H13FO2.Na/c1-10(15(17)18)11-5-7-12(8-6-11)13-3-2-4-14(16)9-13;/h2-10H,1H3,(H,17,18);/q;+1/p-1. The van der Waals surface area contributed by atoms with Crippen LogP contribution in [-0.4, -0.2) is 5.97 Å². The van der Waals surface area contributed by atoms with Crippen molar-refractivity contribution in [2.45, 2.75) is 12.8 Å². The van der Waals surface area contributed by atoms with Gasteiger partial charge in [-0.2, -0.15) is 0 Å². The molecule has 0 amide bonds. The second kappa shape index (κ2) is 6.85. The van der Waals surface area contributed by atoms with Gasteiger partial charge in [0.1, 0.15) is 5.82 Å². The van der Waals surface area contributed by atoms with E-state index in [-0.39, 0.29) is 35.4 Å². The molecule has 0 heterocycles. The van der Waals surface area contributed by atoms with E-state index in [9.17, 15) is 14.3 Å². The van der Waals surface area contributed by atoms with Gasteiger partial charge in [0.25, 0.3) is 0 Å². The molecule has 2 rings (SSSR count). The van der Waals surface area contributed by atoms with Gasteiger partial charge in [0.05, 0.1) is 0 Å². The van der Waals surface area contributed by atoms with Crippen LogP contribution in [0, 0.1) is 5.82 Å². The normalized spacial score (nSPS) is 11.5. The Morgan fingerprint density at radius 2 is 1.74 bits per heavy atom. The summed E-state index contributed by atoms with van der Waals surface area (Å²) >= 11 is 0. The second-order valence-corrected chi connectivity index (χ2v) is 4.17. The van der Waals surface area contributed by atoms with Gasteiger partial charge in [-0.1, -0.05) is 43.3 Å². The molecule has 2 aromatic rings. The molecule has 2 nitrogen and oxygen atoms in total. The zero-order valence-corrected chi connectivity index (χ0v) is 12.9. The Labute approximate surface area is 133 Å². The van der Waals surface area contributed by atoms with Gasteiger partial charge < -0.3 is 9.90 Å². The Bertz CT molecular complexity index is 567. The Balaban J connectivity index is 0.00000180. The van der Waals surface area contributed by atoms with Crippen LogP contribution < -0.4 is 34.7 Å². The van der Waals surface area contributed by atoms with E-state index in [2.05, 4.69) is 0 Å². The predicted octanol–water partition coefficient (Wildman–Crippen LogP) is -0.650. The van der Waals surface area contributed by atoms with E-state index in [1.54, 1.807) is 43.3 Å². The molecule has 0 aliphatic carbocycles. The summed E-state index contributed by atoms with van der Waals surface area (Å²) in [6.45, 7) is 1.58. The SMILES string of the molecule is CC(C(=O)[O-])c1ccc(-c2cccc(F)c2)cc1.[Na+]. The van der Waals surface area contributed by atoms with E-state index in [1.807, 2.05) is 0 Å². The maximum absolute atomic E-state index is 13.1. The molecule has 0 N–H and O–H groups in total. The van der Waals surface area contributed by atoms with Gasteiger partial charge in [-0.25, -0.2) is 4.39 Å². The van der Waals surface area contributed by atoms with Crippen LogP contribution in [-0.2, 0) is 4.79 Å². The minimum atomic E-state index is -1.10. The van der Waals surface area contributed by atoms with Gasteiger partial charge in [-0.15, -0.1) is 0 Å². The number of carboxylic acids is 1. The zero-order chi connectivity index (χ0) is 13.1. The third kappa shape index (κ3) is 3.90. The van der Waals surface area contributed by atoms with E-state index in [1.165, 1.54) is 12.1 Å². The molecule has 92 valence electrons. The van der Waals surface area contributed by atoms with Crippen LogP contribution in [0.3, 0.4) is 0 Å². The van der Waals surface area contributed by atoms with E-state index >= 15 is 0 Å². The van der Waals surface area contributed by atoms with E-state index < -0.39 is 11.9 Å². The first-order chi connectivity index (χ1) is 8.58. The van der Waals surface area contributed by atoms with Crippen LogP contribution >= 0.6 is 0 Å². The molecule has 2 aromatic carbocycles. The summed E-state index contributed by atoms with van der Waals surface area (Å²) in [5, 5.41) is 10.7. The van der Waals surface area contributed by atoms with Gasteiger partial charge in [0, 0.05) is 11.9 Å². The summed E-state index contributed by atoms with van der Waals surface area (Å²) in [4.78, 5) is 10.7. The molecular weight excluding hydrogens is 254 g/mol. The maximum atomic E-state index is 13.1. The zero-order valence-electron chi connectivity index (χ0n) is 10.9. The average Bonchev–Trinajstić information content (AvgIpc) is 2.38. The molecule has 0 aliphatic heterocycles. The monoisotopic (exact) mass is 266 g/mol. The van der Waals surface area contributed by atoms with Crippen LogP contribution in [0.25, 0.3) is 11.1 Å². The molecule has 19 heavy (non-hydrogen) atoms. The van der Waals surface area contributed by atoms with Gasteiger partial charge in [-0.05, 0) is 28.8 Å². The Morgan fingerprint density at radius 1 is 1.11 bits per heavy atom. The summed E-state index contributed by atoms with van der Waals surface area (Å²) < 4.78 is 13.1. The Hall–Kier alpha value is -1.16. The van der Waals surface area contributed by atoms with Crippen molar-refractivity contribution in [1.82, 2.24) is 0 Å². The number of hydrogen-bond donors (Lipinski definition) is 0. The molecule has 1 unspecified atom stereocenters. The fourth-order valence-electron chi connectivity index (χ4n) is 1.77. The van der Waals surface area contributed by atoms with Crippen LogP contribution in [0.5, 0.6) is 0 Å². The first-order valence-corrected chi connectivity index (χ1v) is 5.64. The molecule has 0 bridgehead atoms. The first kappa shape index (κ1) is 15.9. The van der Waals surface area contributed by atoms with Crippen molar-refractivity contribution in [2.75, 3.05) is 0 Å². The minimum absolute atomic E-state index is 0. The number of hydrogen-bond acceptors (Lipinski definition) is 2. The molecule has 0 aromatic heterocycles. The minimum Gasteiger partial charge on any atom is -0.550 e. The number of benzene rings is 2. The molecular formula is C15H12FNaO2. The van der Waals surface area contributed by atoms with Crippen LogP contribution in [0.4, 0.5) is 4.39 Å². The summed E-state index contributed by atoms with van der Waals surface area (Å²) in [6, 6.07) is 13.3. The number of halogens is 1. The largest absolute Gasteiger partial charge is 1.00 e. The van der Waals surface area contributed by atoms with Crippen molar-refractivity contribution in [2.24, 2.45) is 0 Å². The van der Waals surface area contributed by atoms with E-state index in [0.717, 1.165) is 11.1 Å². The van der Waals surface area contributed by atoms with Gasteiger partial charge in [-0.3, -0.25) is 0 Å². The Kier molecular flexibility index (Phi) is 5.73. The summed E-state index contributed by atoms with van der Waals surface area (Å²) in [7, 11) is 0. The number of rotatable bonds is 3. The number of carbonyl (C=O) groups excluding carboxylic acids is 1. The molecule has 0 saturated heterocycles. The number of carbonyl (C=O) groups is 1. The third-order valence-corrected chi connectivity index (χ3v) is 2.92. The van der Waals surface area contributed by atoms with Crippen molar-refractivity contribution in [3.8, 4) is 11.1 Å². The van der Waals surface area contributed by atoms with Gasteiger partial charge in [0.15, 0.2) is 0 Å².